The summed E-state index contributed by atoms with van der Waals surface area (Å²) in [4.78, 5) is 0. The first-order valence-electron chi connectivity index (χ1n) is 3.65. The van der Waals surface area contributed by atoms with Crippen molar-refractivity contribution in [2.75, 3.05) is 7.05 Å². The molecule has 0 fully saturated rings. The van der Waals surface area contributed by atoms with Crippen LogP contribution in [0.1, 0.15) is 34.1 Å². The third-order valence-corrected chi connectivity index (χ3v) is 1.09. The van der Waals surface area contributed by atoms with Gasteiger partial charge in [0.2, 0.25) is 0 Å². The van der Waals surface area contributed by atoms with E-state index in [1.165, 1.54) is 0 Å². The molecule has 0 saturated heterocycles. The fourth-order valence-electron chi connectivity index (χ4n) is 0.998. The van der Waals surface area contributed by atoms with Crippen molar-refractivity contribution in [3.05, 3.63) is 0 Å². The molecule has 2 heteroatoms. The molecule has 60 valence electrons. The number of hydrogen-bond acceptors (Lipinski definition) is 2. The quantitative estimate of drug-likeness (QED) is 0.463. The van der Waals surface area contributed by atoms with Crippen LogP contribution in [0, 0.1) is 5.41 Å². The largest absolute Gasteiger partial charge is 0.313 e. The van der Waals surface area contributed by atoms with E-state index in [2.05, 4.69) is 31.3 Å². The first-order chi connectivity index (χ1) is 4.45. The first-order valence-corrected chi connectivity index (χ1v) is 3.65. The maximum atomic E-state index is 4.08. The zero-order chi connectivity index (χ0) is 8.20. The van der Waals surface area contributed by atoms with Crippen molar-refractivity contribution in [1.29, 1.82) is 0 Å². The van der Waals surface area contributed by atoms with Crippen LogP contribution in [0.25, 0.3) is 0 Å². The van der Waals surface area contributed by atoms with E-state index in [9.17, 15) is 0 Å². The van der Waals surface area contributed by atoms with Gasteiger partial charge >= 0.3 is 0 Å². The van der Waals surface area contributed by atoms with Crippen LogP contribution in [0.2, 0.25) is 0 Å². The predicted octanol–water partition coefficient (Wildman–Crippen LogP) is 2.02. The Morgan fingerprint density at radius 2 is 1.90 bits per heavy atom. The van der Waals surface area contributed by atoms with E-state index < -0.39 is 0 Å². The van der Waals surface area contributed by atoms with Gasteiger partial charge in [0.15, 0.2) is 0 Å². The minimum atomic E-state index is 0.352. The molecule has 0 aliphatic carbocycles. The van der Waals surface area contributed by atoms with Crippen molar-refractivity contribution in [2.24, 2.45) is 10.5 Å². The van der Waals surface area contributed by atoms with Gasteiger partial charge in [-0.05, 0) is 18.8 Å². The average molecular weight is 142 g/mol. The Balaban J connectivity index is 3.79. The van der Waals surface area contributed by atoms with E-state index in [1.54, 1.807) is 0 Å². The molecule has 2 nitrogen and oxygen atoms in total. The molecule has 0 radical (unpaired) electrons. The van der Waals surface area contributed by atoms with Crippen molar-refractivity contribution in [3.63, 3.8) is 0 Å². The first kappa shape index (κ1) is 9.47. The number of hydrazone groups is 1. The number of nitrogens with zero attached hydrogens (tertiary/aromatic N) is 1. The van der Waals surface area contributed by atoms with E-state index >= 15 is 0 Å². The normalized spacial score (nSPS) is 13.5. The Labute approximate surface area is 63.7 Å². The van der Waals surface area contributed by atoms with Gasteiger partial charge < -0.3 is 5.43 Å². The van der Waals surface area contributed by atoms with Crippen LogP contribution in [-0.4, -0.2) is 12.8 Å². The Kier molecular flexibility index (Phi) is 3.40. The molecule has 0 aromatic carbocycles. The molecular formula is C8H18N2. The second kappa shape index (κ2) is 3.59. The van der Waals surface area contributed by atoms with Crippen LogP contribution < -0.4 is 5.43 Å². The van der Waals surface area contributed by atoms with Crippen LogP contribution in [0.4, 0.5) is 0 Å². The maximum absolute atomic E-state index is 4.08. The Morgan fingerprint density at radius 3 is 2.20 bits per heavy atom. The second-order valence-corrected chi connectivity index (χ2v) is 3.81. The zero-order valence-electron chi connectivity index (χ0n) is 7.65. The van der Waals surface area contributed by atoms with Crippen LogP contribution in [0.15, 0.2) is 5.10 Å². The summed E-state index contributed by atoms with van der Waals surface area (Å²) in [5.41, 5.74) is 4.29. The molecule has 0 spiro atoms. The molecule has 0 rings (SSSR count). The molecule has 0 aliphatic heterocycles. The van der Waals surface area contributed by atoms with Crippen molar-refractivity contribution in [3.8, 4) is 0 Å². The number of hydrogen-bond donors (Lipinski definition) is 1. The fourth-order valence-corrected chi connectivity index (χ4v) is 0.998. The second-order valence-electron chi connectivity index (χ2n) is 3.81. The van der Waals surface area contributed by atoms with E-state index in [1.807, 2.05) is 14.0 Å². The van der Waals surface area contributed by atoms with E-state index in [4.69, 9.17) is 0 Å². The highest BCUT2D eigenvalue weighted by Gasteiger charge is 2.10. The van der Waals surface area contributed by atoms with Crippen molar-refractivity contribution in [2.45, 2.75) is 34.1 Å². The summed E-state index contributed by atoms with van der Waals surface area (Å²) in [6.07, 6.45) is 1.05. The van der Waals surface area contributed by atoms with Crippen molar-refractivity contribution in [1.82, 2.24) is 5.43 Å². The highest BCUT2D eigenvalue weighted by atomic mass is 15.3. The summed E-state index contributed by atoms with van der Waals surface area (Å²) in [6, 6.07) is 0. The van der Waals surface area contributed by atoms with Crippen molar-refractivity contribution >= 4 is 5.71 Å². The van der Waals surface area contributed by atoms with E-state index in [-0.39, 0.29) is 0 Å². The van der Waals surface area contributed by atoms with Gasteiger partial charge in [0, 0.05) is 12.8 Å². The molecule has 0 bridgehead atoms. The van der Waals surface area contributed by atoms with Crippen LogP contribution in [-0.2, 0) is 0 Å². The highest BCUT2D eigenvalue weighted by molar-refractivity contribution is 5.82. The van der Waals surface area contributed by atoms with Crippen LogP contribution in [0.3, 0.4) is 0 Å². The predicted molar refractivity (Wildman–Crippen MR) is 46.2 cm³/mol. The lowest BCUT2D eigenvalue weighted by Gasteiger charge is -2.16. The molecular weight excluding hydrogens is 124 g/mol. The maximum Gasteiger partial charge on any atom is 0.0352 e. The third-order valence-electron chi connectivity index (χ3n) is 1.09. The molecule has 0 heterocycles. The number of rotatable bonds is 2. The molecule has 0 saturated carbocycles. The SMILES string of the molecule is CN/N=C(\C)CC(C)(C)C. The molecule has 0 amide bonds. The highest BCUT2D eigenvalue weighted by Crippen LogP contribution is 2.18. The van der Waals surface area contributed by atoms with Crippen molar-refractivity contribution < 1.29 is 0 Å². The Bertz CT molecular complexity index is 120. The van der Waals surface area contributed by atoms with Gasteiger partial charge in [-0.15, -0.1) is 0 Å². The van der Waals surface area contributed by atoms with Gasteiger partial charge in [0.05, 0.1) is 0 Å². The van der Waals surface area contributed by atoms with Crippen LogP contribution in [0.5, 0.6) is 0 Å². The summed E-state index contributed by atoms with van der Waals surface area (Å²) < 4.78 is 0. The number of nitrogens with one attached hydrogen (secondary N) is 1. The smallest absolute Gasteiger partial charge is 0.0352 e. The van der Waals surface area contributed by atoms with Gasteiger partial charge in [-0.1, -0.05) is 20.8 Å². The lowest BCUT2D eigenvalue weighted by molar-refractivity contribution is 0.432. The monoisotopic (exact) mass is 142 g/mol. The van der Waals surface area contributed by atoms with Gasteiger partial charge in [-0.3, -0.25) is 0 Å². The molecule has 1 N–H and O–H groups in total. The van der Waals surface area contributed by atoms with Gasteiger partial charge in [0.25, 0.3) is 0 Å². The molecule has 10 heavy (non-hydrogen) atoms. The van der Waals surface area contributed by atoms with Gasteiger partial charge in [-0.25, -0.2) is 0 Å². The Morgan fingerprint density at radius 1 is 1.40 bits per heavy atom. The molecule has 0 atom stereocenters. The Hall–Kier alpha value is -0.530. The summed E-state index contributed by atoms with van der Waals surface area (Å²) in [6.45, 7) is 8.67. The molecule has 0 unspecified atom stereocenters. The minimum Gasteiger partial charge on any atom is -0.313 e. The molecule has 0 aromatic heterocycles. The van der Waals surface area contributed by atoms with Gasteiger partial charge in [0.1, 0.15) is 0 Å². The summed E-state index contributed by atoms with van der Waals surface area (Å²) in [5.74, 6) is 0. The van der Waals surface area contributed by atoms with Crippen LogP contribution >= 0.6 is 0 Å². The topological polar surface area (TPSA) is 24.4 Å². The molecule has 0 aliphatic rings. The van der Waals surface area contributed by atoms with E-state index in [0.717, 1.165) is 12.1 Å². The lowest BCUT2D eigenvalue weighted by atomic mass is 9.90. The zero-order valence-corrected chi connectivity index (χ0v) is 7.65. The average Bonchev–Trinajstić information content (AvgIpc) is 1.59. The standard InChI is InChI=1S/C8H18N2/c1-7(10-9-5)6-8(2,3)4/h9H,6H2,1-5H3/b10-7+. The van der Waals surface area contributed by atoms with E-state index in [0.29, 0.717) is 5.41 Å². The minimum absolute atomic E-state index is 0.352. The summed E-state index contributed by atoms with van der Waals surface area (Å²) in [5, 5.41) is 4.08. The summed E-state index contributed by atoms with van der Waals surface area (Å²) >= 11 is 0. The summed E-state index contributed by atoms with van der Waals surface area (Å²) in [7, 11) is 1.83. The fraction of sp³-hybridized carbons (Fsp3) is 0.875. The lowest BCUT2D eigenvalue weighted by Crippen LogP contribution is -2.12. The molecule has 0 aromatic rings. The third kappa shape index (κ3) is 5.60. The van der Waals surface area contributed by atoms with Gasteiger partial charge in [-0.2, -0.15) is 5.10 Å².